The van der Waals surface area contributed by atoms with Crippen LogP contribution >= 0.6 is 39.1 Å². The highest BCUT2D eigenvalue weighted by molar-refractivity contribution is 9.10. The van der Waals surface area contributed by atoms with Gasteiger partial charge in [0.05, 0.1) is 5.56 Å². The van der Waals surface area contributed by atoms with Crippen LogP contribution in [0, 0.1) is 0 Å². The van der Waals surface area contributed by atoms with E-state index in [0.29, 0.717) is 21.7 Å². The molecule has 0 spiro atoms. The standard InChI is InChI=1S/C15H13BrCl2N2O/c1-21-15(6-3-7-15)14-19-12(17)11(13(18)20-14)9-4-2-5-10(16)8-9/h2,4-5,8H,3,6-7H2,1H3. The van der Waals surface area contributed by atoms with Gasteiger partial charge in [0.15, 0.2) is 5.82 Å². The van der Waals surface area contributed by atoms with Gasteiger partial charge in [-0.1, -0.05) is 51.3 Å². The Morgan fingerprint density at radius 1 is 1.19 bits per heavy atom. The number of benzene rings is 1. The second kappa shape index (κ2) is 5.84. The molecule has 1 heterocycles. The molecule has 3 nitrogen and oxygen atoms in total. The van der Waals surface area contributed by atoms with Gasteiger partial charge in [0.2, 0.25) is 0 Å². The summed E-state index contributed by atoms with van der Waals surface area (Å²) >= 11 is 16.2. The Balaban J connectivity index is 2.09. The number of hydrogen-bond acceptors (Lipinski definition) is 3. The summed E-state index contributed by atoms with van der Waals surface area (Å²) in [4.78, 5) is 8.87. The number of aromatic nitrogens is 2. The summed E-state index contributed by atoms with van der Waals surface area (Å²) < 4.78 is 6.53. The summed E-state index contributed by atoms with van der Waals surface area (Å²) in [5, 5.41) is 0.706. The molecular weight excluding hydrogens is 375 g/mol. The molecule has 2 aromatic rings. The highest BCUT2D eigenvalue weighted by Gasteiger charge is 2.42. The number of nitrogens with zero attached hydrogens (tertiary/aromatic N) is 2. The van der Waals surface area contributed by atoms with Crippen LogP contribution in [0.1, 0.15) is 25.1 Å². The first-order valence-electron chi connectivity index (χ1n) is 6.60. The SMILES string of the molecule is COC1(c2nc(Cl)c(-c3cccc(Br)c3)c(Cl)n2)CCC1. The van der Waals surface area contributed by atoms with Crippen molar-refractivity contribution in [2.75, 3.05) is 7.11 Å². The molecule has 0 atom stereocenters. The molecule has 0 bridgehead atoms. The van der Waals surface area contributed by atoms with Gasteiger partial charge < -0.3 is 4.74 Å². The molecule has 1 aromatic carbocycles. The Morgan fingerprint density at radius 3 is 2.33 bits per heavy atom. The third kappa shape index (κ3) is 2.70. The highest BCUT2D eigenvalue weighted by atomic mass is 79.9. The minimum atomic E-state index is -0.427. The molecule has 110 valence electrons. The summed E-state index contributed by atoms with van der Waals surface area (Å²) in [5.41, 5.74) is 1.10. The lowest BCUT2D eigenvalue weighted by Gasteiger charge is -2.38. The van der Waals surface area contributed by atoms with Crippen molar-refractivity contribution in [3.05, 3.63) is 44.9 Å². The first-order chi connectivity index (χ1) is 10.1. The van der Waals surface area contributed by atoms with Crippen LogP contribution in [0.15, 0.2) is 28.7 Å². The summed E-state index contributed by atoms with van der Waals surface area (Å²) in [5.74, 6) is 0.574. The lowest BCUT2D eigenvalue weighted by atomic mass is 9.79. The molecule has 6 heteroatoms. The maximum absolute atomic E-state index is 6.36. The van der Waals surface area contributed by atoms with Crippen LogP contribution in [0.3, 0.4) is 0 Å². The average molecular weight is 388 g/mol. The second-order valence-electron chi connectivity index (χ2n) is 5.07. The van der Waals surface area contributed by atoms with E-state index in [0.717, 1.165) is 29.3 Å². The minimum Gasteiger partial charge on any atom is -0.370 e. The fourth-order valence-corrected chi connectivity index (χ4v) is 3.52. The Morgan fingerprint density at radius 2 is 1.86 bits per heavy atom. The normalized spacial score (nSPS) is 16.6. The number of ether oxygens (including phenoxy) is 1. The van der Waals surface area contributed by atoms with Gasteiger partial charge in [-0.05, 0) is 37.0 Å². The van der Waals surface area contributed by atoms with Gasteiger partial charge in [0, 0.05) is 11.6 Å². The van der Waals surface area contributed by atoms with E-state index in [-0.39, 0.29) is 0 Å². The second-order valence-corrected chi connectivity index (χ2v) is 6.70. The van der Waals surface area contributed by atoms with E-state index >= 15 is 0 Å². The Hall–Kier alpha value is -0.680. The number of methoxy groups -OCH3 is 1. The van der Waals surface area contributed by atoms with Crippen LogP contribution in [0.5, 0.6) is 0 Å². The van der Waals surface area contributed by atoms with Gasteiger partial charge in [-0.2, -0.15) is 0 Å². The van der Waals surface area contributed by atoms with Crippen LogP contribution in [0.2, 0.25) is 10.3 Å². The molecule has 3 rings (SSSR count). The van der Waals surface area contributed by atoms with Gasteiger partial charge in [-0.15, -0.1) is 0 Å². The molecule has 1 aromatic heterocycles. The largest absolute Gasteiger partial charge is 0.370 e. The molecular formula is C15H13BrCl2N2O. The zero-order chi connectivity index (χ0) is 15.0. The minimum absolute atomic E-state index is 0.353. The van der Waals surface area contributed by atoms with Gasteiger partial charge in [-0.25, -0.2) is 9.97 Å². The maximum Gasteiger partial charge on any atom is 0.163 e. The third-order valence-electron chi connectivity index (χ3n) is 3.89. The van der Waals surface area contributed by atoms with Crippen LogP contribution in [-0.4, -0.2) is 17.1 Å². The molecule has 21 heavy (non-hydrogen) atoms. The van der Waals surface area contributed by atoms with E-state index in [1.807, 2.05) is 24.3 Å². The van der Waals surface area contributed by atoms with Crippen molar-refractivity contribution >= 4 is 39.1 Å². The molecule has 1 aliphatic carbocycles. The Kier molecular flexibility index (Phi) is 4.23. The summed E-state index contributed by atoms with van der Waals surface area (Å²) in [7, 11) is 1.67. The molecule has 0 N–H and O–H groups in total. The quantitative estimate of drug-likeness (QED) is 0.675. The summed E-state index contributed by atoms with van der Waals surface area (Å²) in [6.45, 7) is 0. The van der Waals surface area contributed by atoms with Gasteiger partial charge in [0.25, 0.3) is 0 Å². The van der Waals surface area contributed by atoms with Gasteiger partial charge in [-0.3, -0.25) is 0 Å². The first kappa shape index (κ1) is 15.2. The number of rotatable bonds is 3. The summed E-state index contributed by atoms with van der Waals surface area (Å²) in [6.07, 6.45) is 2.89. The molecule has 0 radical (unpaired) electrons. The number of halogens is 3. The third-order valence-corrected chi connectivity index (χ3v) is 4.93. The zero-order valence-corrected chi connectivity index (χ0v) is 14.5. The van der Waals surface area contributed by atoms with Crippen molar-refractivity contribution in [1.82, 2.24) is 9.97 Å². The predicted molar refractivity (Wildman–Crippen MR) is 87.7 cm³/mol. The molecule has 1 fully saturated rings. The van der Waals surface area contributed by atoms with Crippen molar-refractivity contribution in [1.29, 1.82) is 0 Å². The molecule has 1 aliphatic rings. The summed E-state index contributed by atoms with van der Waals surface area (Å²) in [6, 6.07) is 7.72. The van der Waals surface area contributed by atoms with Crippen molar-refractivity contribution < 1.29 is 4.74 Å². The van der Waals surface area contributed by atoms with Crippen molar-refractivity contribution in [3.63, 3.8) is 0 Å². The van der Waals surface area contributed by atoms with E-state index in [1.54, 1.807) is 7.11 Å². The fraction of sp³-hybridized carbons (Fsp3) is 0.333. The van der Waals surface area contributed by atoms with E-state index in [1.165, 1.54) is 0 Å². The predicted octanol–water partition coefficient (Wildman–Crippen LogP) is 5.24. The van der Waals surface area contributed by atoms with Gasteiger partial charge in [0.1, 0.15) is 15.9 Å². The lowest BCUT2D eigenvalue weighted by Crippen LogP contribution is -2.38. The van der Waals surface area contributed by atoms with Crippen molar-refractivity contribution in [3.8, 4) is 11.1 Å². The maximum atomic E-state index is 6.36. The lowest BCUT2D eigenvalue weighted by molar-refractivity contribution is -0.0846. The van der Waals surface area contributed by atoms with Crippen LogP contribution in [-0.2, 0) is 10.3 Å². The molecule has 0 unspecified atom stereocenters. The Labute approximate surface area is 141 Å². The van der Waals surface area contributed by atoms with Crippen LogP contribution in [0.25, 0.3) is 11.1 Å². The smallest absolute Gasteiger partial charge is 0.163 e. The van der Waals surface area contributed by atoms with E-state index in [2.05, 4.69) is 25.9 Å². The molecule has 0 saturated heterocycles. The average Bonchev–Trinajstić information content (AvgIpc) is 2.37. The molecule has 0 amide bonds. The van der Waals surface area contributed by atoms with Crippen LogP contribution in [0.4, 0.5) is 0 Å². The monoisotopic (exact) mass is 386 g/mol. The molecule has 0 aliphatic heterocycles. The van der Waals surface area contributed by atoms with E-state index < -0.39 is 5.60 Å². The van der Waals surface area contributed by atoms with Crippen LogP contribution < -0.4 is 0 Å². The van der Waals surface area contributed by atoms with E-state index in [9.17, 15) is 0 Å². The highest BCUT2D eigenvalue weighted by Crippen LogP contribution is 2.44. The topological polar surface area (TPSA) is 35.0 Å². The van der Waals surface area contributed by atoms with Crippen molar-refractivity contribution in [2.45, 2.75) is 24.9 Å². The fourth-order valence-electron chi connectivity index (χ4n) is 2.51. The van der Waals surface area contributed by atoms with Gasteiger partial charge >= 0.3 is 0 Å². The zero-order valence-electron chi connectivity index (χ0n) is 11.4. The Bertz CT molecular complexity index is 661. The molecule has 1 saturated carbocycles. The first-order valence-corrected chi connectivity index (χ1v) is 8.15. The number of hydrogen-bond donors (Lipinski definition) is 0. The van der Waals surface area contributed by atoms with Crippen molar-refractivity contribution in [2.24, 2.45) is 0 Å². The van der Waals surface area contributed by atoms with E-state index in [4.69, 9.17) is 27.9 Å².